The number of ether oxygens (including phenoxy) is 6. The van der Waals surface area contributed by atoms with E-state index in [1.165, 1.54) is 4.90 Å². The Kier molecular flexibility index (Phi) is 12.3. The number of fused-ring (bicyclic) bond motifs is 3. The van der Waals surface area contributed by atoms with Gasteiger partial charge in [-0.05, 0) is 72.6 Å². The van der Waals surface area contributed by atoms with Crippen molar-refractivity contribution in [3.63, 3.8) is 0 Å². The Labute approximate surface area is 334 Å². The van der Waals surface area contributed by atoms with Crippen molar-refractivity contribution in [1.82, 2.24) is 10.3 Å². The van der Waals surface area contributed by atoms with Crippen LogP contribution < -0.4 is 29.2 Å². The SMILES string of the molecule is CCOC(=O)C[C@H]1[C@H](OC(=O)Cc2ccc3c(c2)OCO3)[C@@H](NC(=O)c2ccc3ccccc3n2)c2cc(OCCCO)ccc2N1C(=O)Cc1ccc(OC)cc1. The van der Waals surface area contributed by atoms with Gasteiger partial charge in [0.25, 0.3) is 5.91 Å². The van der Waals surface area contributed by atoms with Crippen molar-refractivity contribution in [2.75, 3.05) is 38.6 Å². The predicted octanol–water partition coefficient (Wildman–Crippen LogP) is 5.27. The minimum atomic E-state index is -1.32. The van der Waals surface area contributed by atoms with Gasteiger partial charge in [0.2, 0.25) is 12.7 Å². The van der Waals surface area contributed by atoms with Crippen molar-refractivity contribution >= 4 is 40.3 Å². The van der Waals surface area contributed by atoms with Gasteiger partial charge in [-0.15, -0.1) is 0 Å². The van der Waals surface area contributed by atoms with Crippen LogP contribution in [0.1, 0.15) is 53.0 Å². The van der Waals surface area contributed by atoms with E-state index in [4.69, 9.17) is 28.4 Å². The summed E-state index contributed by atoms with van der Waals surface area (Å²) in [5, 5.41) is 13.3. The van der Waals surface area contributed by atoms with Gasteiger partial charge in [0.15, 0.2) is 11.5 Å². The third-order valence-corrected chi connectivity index (χ3v) is 9.84. The standard InChI is InChI=1S/C44H43N3O11/c1-3-54-40(50)25-36-43(58-41(51)23-28-11-18-37-38(21-28)57-26-56-37)42(46-44(52)34-16-12-29-7-4-5-8-33(29)45-34)32-24-31(55-20-6-19-48)15-17-35(32)47(36)39(49)22-27-9-13-30(53-2)14-10-27/h4-5,7-18,21,24,36,42-43,48H,3,6,19-20,22-23,25-26H2,1-2H3,(H,46,52)/t36-,42-,43-/m0/s1. The minimum Gasteiger partial charge on any atom is -0.497 e. The lowest BCUT2D eigenvalue weighted by Gasteiger charge is -2.45. The molecule has 0 aliphatic carbocycles. The lowest BCUT2D eigenvalue weighted by atomic mass is 9.85. The van der Waals surface area contributed by atoms with Gasteiger partial charge in [0.05, 0.1) is 57.2 Å². The van der Waals surface area contributed by atoms with Gasteiger partial charge in [-0.1, -0.05) is 42.5 Å². The zero-order valence-corrected chi connectivity index (χ0v) is 32.1. The first-order valence-corrected chi connectivity index (χ1v) is 19.0. The number of para-hydroxylation sites is 1. The molecule has 7 rings (SSSR count). The number of methoxy groups -OCH3 is 1. The molecule has 0 spiro atoms. The number of rotatable bonds is 15. The van der Waals surface area contributed by atoms with E-state index in [1.54, 1.807) is 92.9 Å². The number of anilines is 1. The summed E-state index contributed by atoms with van der Waals surface area (Å²) < 4.78 is 34.0. The number of carbonyl (C=O) groups excluding carboxylic acids is 4. The van der Waals surface area contributed by atoms with Gasteiger partial charge in [0.1, 0.15) is 23.3 Å². The van der Waals surface area contributed by atoms with Crippen LogP contribution in [0, 0.1) is 0 Å². The third kappa shape index (κ3) is 8.97. The first kappa shape index (κ1) is 39.6. The number of aromatic nitrogens is 1. The first-order chi connectivity index (χ1) is 28.2. The minimum absolute atomic E-state index is 0.0553. The summed E-state index contributed by atoms with van der Waals surface area (Å²) in [5.41, 5.74) is 2.68. The lowest BCUT2D eigenvalue weighted by Crippen LogP contribution is -2.58. The molecule has 3 atom stereocenters. The zero-order chi connectivity index (χ0) is 40.6. The molecule has 0 bridgehead atoms. The fourth-order valence-electron chi connectivity index (χ4n) is 7.12. The van der Waals surface area contributed by atoms with Crippen molar-refractivity contribution in [3.05, 3.63) is 119 Å². The Morgan fingerprint density at radius 3 is 2.43 bits per heavy atom. The van der Waals surface area contributed by atoms with Gasteiger partial charge >= 0.3 is 11.9 Å². The van der Waals surface area contributed by atoms with E-state index in [1.807, 2.05) is 18.2 Å². The number of aliphatic hydroxyl groups excluding tert-OH is 1. The zero-order valence-electron chi connectivity index (χ0n) is 32.1. The maximum absolute atomic E-state index is 14.7. The summed E-state index contributed by atoms with van der Waals surface area (Å²) in [6.45, 7) is 1.89. The molecule has 300 valence electrons. The monoisotopic (exact) mass is 789 g/mol. The molecule has 0 saturated heterocycles. The van der Waals surface area contributed by atoms with E-state index >= 15 is 0 Å². The van der Waals surface area contributed by atoms with Crippen LogP contribution in [-0.2, 0) is 36.7 Å². The van der Waals surface area contributed by atoms with Crippen LogP contribution in [0.25, 0.3) is 10.9 Å². The van der Waals surface area contributed by atoms with E-state index in [0.29, 0.717) is 57.3 Å². The Balaban J connectivity index is 1.33. The number of hydrogen-bond donors (Lipinski definition) is 2. The summed E-state index contributed by atoms with van der Waals surface area (Å²) >= 11 is 0. The number of hydrogen-bond acceptors (Lipinski definition) is 12. The van der Waals surface area contributed by atoms with Gasteiger partial charge in [-0.3, -0.25) is 19.2 Å². The number of carbonyl (C=O) groups is 4. The summed E-state index contributed by atoms with van der Waals surface area (Å²) in [6, 6.07) is 25.6. The summed E-state index contributed by atoms with van der Waals surface area (Å²) in [7, 11) is 1.55. The highest BCUT2D eigenvalue weighted by Gasteiger charge is 2.48. The number of benzene rings is 4. The summed E-state index contributed by atoms with van der Waals surface area (Å²) in [5.74, 6) is -0.305. The van der Waals surface area contributed by atoms with E-state index < -0.39 is 41.9 Å². The Morgan fingerprint density at radius 1 is 0.862 bits per heavy atom. The number of amides is 2. The molecule has 3 heterocycles. The van der Waals surface area contributed by atoms with Gasteiger partial charge in [-0.25, -0.2) is 4.98 Å². The quantitative estimate of drug-likeness (QED) is 0.104. The molecule has 0 fully saturated rings. The molecule has 1 aromatic heterocycles. The maximum Gasteiger partial charge on any atom is 0.310 e. The summed E-state index contributed by atoms with van der Waals surface area (Å²) in [6.07, 6.45) is -1.63. The number of aliphatic hydroxyl groups is 1. The second-order valence-electron chi connectivity index (χ2n) is 13.7. The van der Waals surface area contributed by atoms with Crippen LogP contribution in [0.5, 0.6) is 23.0 Å². The maximum atomic E-state index is 14.7. The van der Waals surface area contributed by atoms with E-state index in [2.05, 4.69) is 10.3 Å². The van der Waals surface area contributed by atoms with Crippen molar-refractivity contribution in [2.24, 2.45) is 0 Å². The molecule has 2 amide bonds. The number of pyridine rings is 1. The van der Waals surface area contributed by atoms with Crippen molar-refractivity contribution < 1.29 is 52.7 Å². The van der Waals surface area contributed by atoms with Crippen molar-refractivity contribution in [2.45, 2.75) is 50.8 Å². The molecule has 14 nitrogen and oxygen atoms in total. The van der Waals surface area contributed by atoms with E-state index in [0.717, 1.165) is 5.39 Å². The largest absolute Gasteiger partial charge is 0.497 e. The molecule has 14 heteroatoms. The molecule has 2 aliphatic heterocycles. The van der Waals surface area contributed by atoms with Crippen LogP contribution >= 0.6 is 0 Å². The first-order valence-electron chi connectivity index (χ1n) is 19.0. The smallest absolute Gasteiger partial charge is 0.310 e. The van der Waals surface area contributed by atoms with Gasteiger partial charge in [-0.2, -0.15) is 0 Å². The molecular weight excluding hydrogens is 746 g/mol. The average Bonchev–Trinajstić information content (AvgIpc) is 3.70. The van der Waals surface area contributed by atoms with Crippen molar-refractivity contribution in [1.29, 1.82) is 0 Å². The Bertz CT molecular complexity index is 2300. The van der Waals surface area contributed by atoms with Crippen LogP contribution in [0.4, 0.5) is 5.69 Å². The Morgan fingerprint density at radius 2 is 1.64 bits per heavy atom. The summed E-state index contributed by atoms with van der Waals surface area (Å²) in [4.78, 5) is 62.5. The molecule has 0 unspecified atom stereocenters. The average molecular weight is 790 g/mol. The fraction of sp³-hybridized carbons (Fsp3) is 0.295. The molecule has 58 heavy (non-hydrogen) atoms. The van der Waals surface area contributed by atoms with Gasteiger partial charge in [0, 0.05) is 29.7 Å². The predicted molar refractivity (Wildman–Crippen MR) is 211 cm³/mol. The Hall–Kier alpha value is -6.67. The number of nitrogens with zero attached hydrogens (tertiary/aromatic N) is 2. The fourth-order valence-corrected chi connectivity index (χ4v) is 7.12. The molecule has 0 radical (unpaired) electrons. The second kappa shape index (κ2) is 18.1. The molecule has 5 aromatic rings. The highest BCUT2D eigenvalue weighted by atomic mass is 16.7. The van der Waals surface area contributed by atoms with Crippen LogP contribution in [-0.4, -0.2) is 79.7 Å². The van der Waals surface area contributed by atoms with E-state index in [-0.39, 0.29) is 51.6 Å². The lowest BCUT2D eigenvalue weighted by molar-refractivity contribution is -0.155. The highest BCUT2D eigenvalue weighted by molar-refractivity contribution is 5.99. The molecule has 0 saturated carbocycles. The molecule has 2 aliphatic rings. The van der Waals surface area contributed by atoms with E-state index in [9.17, 15) is 24.3 Å². The molecule has 4 aromatic carbocycles. The van der Waals surface area contributed by atoms with Crippen molar-refractivity contribution in [3.8, 4) is 23.0 Å². The third-order valence-electron chi connectivity index (χ3n) is 9.84. The van der Waals surface area contributed by atoms with Crippen LogP contribution in [0.3, 0.4) is 0 Å². The second-order valence-corrected chi connectivity index (χ2v) is 13.7. The molecule has 2 N–H and O–H groups in total. The molecular formula is C44H43N3O11. The number of nitrogens with one attached hydrogen (secondary N) is 1. The number of esters is 2. The van der Waals surface area contributed by atoms with Crippen LogP contribution in [0.15, 0.2) is 97.1 Å². The van der Waals surface area contributed by atoms with Crippen LogP contribution in [0.2, 0.25) is 0 Å². The highest BCUT2D eigenvalue weighted by Crippen LogP contribution is 2.43. The van der Waals surface area contributed by atoms with Gasteiger partial charge < -0.3 is 43.7 Å². The normalized spacial score (nSPS) is 16.6. The topological polar surface area (TPSA) is 172 Å².